The zero-order valence-electron chi connectivity index (χ0n) is 9.65. The molecule has 1 fully saturated rings. The molecule has 2 rings (SSSR count). The third kappa shape index (κ3) is 2.83. The molecule has 0 saturated heterocycles. The Morgan fingerprint density at radius 3 is 2.62 bits per heavy atom. The highest BCUT2D eigenvalue weighted by molar-refractivity contribution is 5.78. The monoisotopic (exact) mass is 218 g/mol. The van der Waals surface area contributed by atoms with Gasteiger partial charge >= 0.3 is 0 Å². The molecule has 0 aliphatic heterocycles. The van der Waals surface area contributed by atoms with Crippen LogP contribution >= 0.6 is 0 Å². The highest BCUT2D eigenvalue weighted by Gasteiger charge is 2.31. The maximum absolute atomic E-state index is 11.9. The van der Waals surface area contributed by atoms with Crippen molar-refractivity contribution in [2.24, 2.45) is 0 Å². The number of carbonyl (C=O) groups excluding carboxylic acids is 1. The van der Waals surface area contributed by atoms with E-state index in [2.05, 4.69) is 17.4 Å². The summed E-state index contributed by atoms with van der Waals surface area (Å²) in [5.41, 5.74) is 1.21. The quantitative estimate of drug-likeness (QED) is 0.810. The van der Waals surface area contributed by atoms with E-state index in [-0.39, 0.29) is 5.91 Å². The highest BCUT2D eigenvalue weighted by Crippen LogP contribution is 2.28. The van der Waals surface area contributed by atoms with Crippen LogP contribution in [0.3, 0.4) is 0 Å². The molecule has 1 aliphatic rings. The normalized spacial score (nSPS) is 14.8. The predicted molar refractivity (Wildman–Crippen MR) is 63.9 cm³/mol. The van der Waals surface area contributed by atoms with Gasteiger partial charge in [0.2, 0.25) is 5.91 Å². The van der Waals surface area contributed by atoms with Crippen LogP contribution in [-0.4, -0.2) is 30.4 Å². The van der Waals surface area contributed by atoms with Gasteiger partial charge in [0, 0.05) is 12.6 Å². The number of hydrogen-bond donors (Lipinski definition) is 1. The second-order valence-electron chi connectivity index (χ2n) is 4.27. The molecule has 1 N–H and O–H groups in total. The fourth-order valence-corrected chi connectivity index (χ4v) is 1.84. The van der Waals surface area contributed by atoms with Gasteiger partial charge in [0.15, 0.2) is 0 Å². The van der Waals surface area contributed by atoms with Crippen molar-refractivity contribution in [1.29, 1.82) is 0 Å². The van der Waals surface area contributed by atoms with Crippen molar-refractivity contribution in [3.05, 3.63) is 35.9 Å². The van der Waals surface area contributed by atoms with E-state index in [0.29, 0.717) is 12.6 Å². The second kappa shape index (κ2) is 5.12. The van der Waals surface area contributed by atoms with Crippen LogP contribution in [0.25, 0.3) is 0 Å². The van der Waals surface area contributed by atoms with Gasteiger partial charge in [-0.2, -0.15) is 0 Å². The molecule has 3 nitrogen and oxygen atoms in total. The lowest BCUT2D eigenvalue weighted by atomic mass is 10.2. The molecule has 0 bridgehead atoms. The molecule has 1 aromatic carbocycles. The van der Waals surface area contributed by atoms with Crippen LogP contribution < -0.4 is 5.32 Å². The summed E-state index contributed by atoms with van der Waals surface area (Å²) in [6.45, 7) is 1.18. The van der Waals surface area contributed by atoms with Gasteiger partial charge in [0.05, 0.1) is 6.54 Å². The molecule has 86 valence electrons. The van der Waals surface area contributed by atoms with Gasteiger partial charge in [0.25, 0.3) is 0 Å². The van der Waals surface area contributed by atoms with E-state index in [1.807, 2.05) is 30.1 Å². The Bertz CT molecular complexity index is 346. The Morgan fingerprint density at radius 1 is 1.38 bits per heavy atom. The molecule has 1 aromatic rings. The summed E-state index contributed by atoms with van der Waals surface area (Å²) < 4.78 is 0. The van der Waals surface area contributed by atoms with Gasteiger partial charge < -0.3 is 10.2 Å². The largest absolute Gasteiger partial charge is 0.334 e. The first-order valence-electron chi connectivity index (χ1n) is 5.79. The summed E-state index contributed by atoms with van der Waals surface area (Å²) in [7, 11) is 1.81. The maximum Gasteiger partial charge on any atom is 0.237 e. The lowest BCUT2D eigenvalue weighted by Crippen LogP contribution is -2.38. The molecule has 0 radical (unpaired) electrons. The molecule has 1 saturated carbocycles. The van der Waals surface area contributed by atoms with E-state index in [1.54, 1.807) is 0 Å². The third-order valence-corrected chi connectivity index (χ3v) is 2.83. The van der Waals surface area contributed by atoms with Gasteiger partial charge in [-0.15, -0.1) is 0 Å². The van der Waals surface area contributed by atoms with E-state index < -0.39 is 0 Å². The minimum absolute atomic E-state index is 0.203. The Labute approximate surface area is 96.5 Å². The van der Waals surface area contributed by atoms with Crippen molar-refractivity contribution in [3.63, 3.8) is 0 Å². The Morgan fingerprint density at radius 2 is 2.06 bits per heavy atom. The Kier molecular flexibility index (Phi) is 3.57. The average Bonchev–Trinajstić information content (AvgIpc) is 3.11. The van der Waals surface area contributed by atoms with Crippen molar-refractivity contribution < 1.29 is 4.79 Å². The van der Waals surface area contributed by atoms with E-state index >= 15 is 0 Å². The van der Waals surface area contributed by atoms with Gasteiger partial charge in [-0.1, -0.05) is 30.3 Å². The molecule has 0 unspecified atom stereocenters. The fourth-order valence-electron chi connectivity index (χ4n) is 1.84. The SMILES string of the molecule is CNCC(=O)N(Cc1ccccc1)C1CC1. The first-order chi connectivity index (χ1) is 7.81. The minimum Gasteiger partial charge on any atom is -0.334 e. The number of rotatable bonds is 5. The highest BCUT2D eigenvalue weighted by atomic mass is 16.2. The van der Waals surface area contributed by atoms with Crippen molar-refractivity contribution in [2.75, 3.05) is 13.6 Å². The van der Waals surface area contributed by atoms with E-state index in [9.17, 15) is 4.79 Å². The van der Waals surface area contributed by atoms with Crippen molar-refractivity contribution in [1.82, 2.24) is 10.2 Å². The number of nitrogens with one attached hydrogen (secondary N) is 1. The first-order valence-corrected chi connectivity index (χ1v) is 5.79. The number of nitrogens with zero attached hydrogens (tertiary/aromatic N) is 1. The van der Waals surface area contributed by atoms with E-state index in [0.717, 1.165) is 19.4 Å². The summed E-state index contributed by atoms with van der Waals surface area (Å²) in [6.07, 6.45) is 2.31. The third-order valence-electron chi connectivity index (χ3n) is 2.83. The molecule has 0 spiro atoms. The minimum atomic E-state index is 0.203. The number of benzene rings is 1. The number of amides is 1. The Balaban J connectivity index is 2.00. The summed E-state index contributed by atoms with van der Waals surface area (Å²) in [4.78, 5) is 13.9. The molecule has 1 amide bonds. The molecule has 16 heavy (non-hydrogen) atoms. The van der Waals surface area contributed by atoms with Crippen LogP contribution in [-0.2, 0) is 11.3 Å². The molecular weight excluding hydrogens is 200 g/mol. The summed E-state index contributed by atoms with van der Waals surface area (Å²) >= 11 is 0. The molecule has 0 atom stereocenters. The van der Waals surface area contributed by atoms with Crippen molar-refractivity contribution >= 4 is 5.91 Å². The van der Waals surface area contributed by atoms with Crippen LogP contribution in [0.1, 0.15) is 18.4 Å². The molecule has 3 heteroatoms. The fraction of sp³-hybridized carbons (Fsp3) is 0.462. The average molecular weight is 218 g/mol. The molecule has 1 aliphatic carbocycles. The van der Waals surface area contributed by atoms with E-state index in [4.69, 9.17) is 0 Å². The number of likely N-dealkylation sites (N-methyl/N-ethyl adjacent to an activating group) is 1. The van der Waals surface area contributed by atoms with Crippen molar-refractivity contribution in [3.8, 4) is 0 Å². The van der Waals surface area contributed by atoms with Gasteiger partial charge in [0.1, 0.15) is 0 Å². The maximum atomic E-state index is 11.9. The topological polar surface area (TPSA) is 32.3 Å². The molecular formula is C13H18N2O. The standard InChI is InChI=1S/C13H18N2O/c1-14-9-13(16)15(12-7-8-12)10-11-5-3-2-4-6-11/h2-6,12,14H,7-10H2,1H3. The zero-order valence-corrected chi connectivity index (χ0v) is 9.65. The molecule has 0 heterocycles. The number of carbonyl (C=O) groups is 1. The van der Waals surface area contributed by atoms with Crippen LogP contribution in [0.5, 0.6) is 0 Å². The lowest BCUT2D eigenvalue weighted by molar-refractivity contribution is -0.131. The number of hydrogen-bond acceptors (Lipinski definition) is 2. The van der Waals surface area contributed by atoms with Crippen LogP contribution in [0, 0.1) is 0 Å². The Hall–Kier alpha value is -1.35. The summed E-state index contributed by atoms with van der Waals surface area (Å²) in [6, 6.07) is 10.7. The van der Waals surface area contributed by atoms with Gasteiger partial charge in [-0.25, -0.2) is 0 Å². The van der Waals surface area contributed by atoms with Crippen LogP contribution in [0.4, 0.5) is 0 Å². The zero-order chi connectivity index (χ0) is 11.4. The van der Waals surface area contributed by atoms with Crippen LogP contribution in [0.15, 0.2) is 30.3 Å². The van der Waals surface area contributed by atoms with E-state index in [1.165, 1.54) is 5.56 Å². The summed E-state index contributed by atoms with van der Waals surface area (Å²) in [5, 5.41) is 2.93. The van der Waals surface area contributed by atoms with Crippen LogP contribution in [0.2, 0.25) is 0 Å². The lowest BCUT2D eigenvalue weighted by Gasteiger charge is -2.22. The summed E-state index contributed by atoms with van der Waals surface area (Å²) in [5.74, 6) is 0.203. The second-order valence-corrected chi connectivity index (χ2v) is 4.27. The van der Waals surface area contributed by atoms with Gasteiger partial charge in [-0.05, 0) is 25.5 Å². The smallest absolute Gasteiger partial charge is 0.237 e. The molecule has 0 aromatic heterocycles. The first kappa shape index (κ1) is 11.1. The van der Waals surface area contributed by atoms with Crippen molar-refractivity contribution in [2.45, 2.75) is 25.4 Å². The van der Waals surface area contributed by atoms with Gasteiger partial charge in [-0.3, -0.25) is 4.79 Å². The predicted octanol–water partition coefficient (Wildman–Crippen LogP) is 1.40.